The highest BCUT2D eigenvalue weighted by Crippen LogP contribution is 2.39. The molecule has 0 radical (unpaired) electrons. The minimum Gasteiger partial charge on any atom is -0.373 e. The summed E-state index contributed by atoms with van der Waals surface area (Å²) < 4.78 is 24.3. The third-order valence-electron chi connectivity index (χ3n) is 7.73. The molecule has 196 valence electrons. The minimum atomic E-state index is -0.494. The summed E-state index contributed by atoms with van der Waals surface area (Å²) in [5.74, 6) is 0.0480. The number of ether oxygens (including phenoxy) is 1. The Bertz CT molecular complexity index is 1680. The molecule has 9 heteroatoms. The van der Waals surface area contributed by atoms with Gasteiger partial charge in [-0.2, -0.15) is 9.61 Å². The van der Waals surface area contributed by atoms with Gasteiger partial charge in [-0.15, -0.1) is 0 Å². The average molecular weight is 535 g/mol. The lowest BCUT2D eigenvalue weighted by molar-refractivity contribution is 0.00406. The van der Waals surface area contributed by atoms with Crippen molar-refractivity contribution in [1.82, 2.24) is 19.2 Å². The highest BCUT2D eigenvalue weighted by atomic mass is 35.5. The Labute approximate surface area is 223 Å². The summed E-state index contributed by atoms with van der Waals surface area (Å²) in [4.78, 5) is 30.2. The maximum absolute atomic E-state index is 15.1. The fourth-order valence-electron chi connectivity index (χ4n) is 5.19. The van der Waals surface area contributed by atoms with Crippen LogP contribution in [0, 0.1) is 25.6 Å². The van der Waals surface area contributed by atoms with Crippen LogP contribution in [0.4, 0.5) is 4.39 Å². The Hall–Kier alpha value is -3.36. The maximum Gasteiger partial charge on any atom is 0.277 e. The molecule has 6 rings (SSSR count). The van der Waals surface area contributed by atoms with E-state index >= 15 is 4.39 Å². The van der Waals surface area contributed by atoms with Gasteiger partial charge in [-0.05, 0) is 81.3 Å². The second-order valence-electron chi connectivity index (χ2n) is 10.4. The van der Waals surface area contributed by atoms with Crippen molar-refractivity contribution >= 4 is 17.2 Å². The zero-order chi connectivity index (χ0) is 26.6. The summed E-state index contributed by atoms with van der Waals surface area (Å²) in [7, 11) is 0. The van der Waals surface area contributed by atoms with Gasteiger partial charge in [0.05, 0.1) is 11.8 Å². The number of pyridine rings is 1. The lowest BCUT2D eigenvalue weighted by atomic mass is 9.89. The molecular weight excluding hydrogens is 507 g/mol. The zero-order valence-corrected chi connectivity index (χ0v) is 22.0. The SMILES string of the molecule is Cc1nc2c(-c3ccc(Cl)cc3F)cc(C3CCOC(c4ccc(=O)n(CC5CC5)c4)C3)nn2c(=O)c1C. The first-order valence-electron chi connectivity index (χ1n) is 13.0. The molecule has 38 heavy (non-hydrogen) atoms. The molecular formula is C29H28ClFN4O3. The fourth-order valence-corrected chi connectivity index (χ4v) is 5.35. The van der Waals surface area contributed by atoms with Crippen molar-refractivity contribution < 1.29 is 9.13 Å². The molecule has 1 saturated heterocycles. The molecule has 1 aliphatic heterocycles. The molecule has 1 aromatic carbocycles. The van der Waals surface area contributed by atoms with Gasteiger partial charge in [0.25, 0.3) is 11.1 Å². The number of hydrogen-bond donors (Lipinski definition) is 0. The Morgan fingerprint density at radius 1 is 1.08 bits per heavy atom. The van der Waals surface area contributed by atoms with Crippen LogP contribution in [-0.2, 0) is 11.3 Å². The van der Waals surface area contributed by atoms with Gasteiger partial charge in [0.15, 0.2) is 5.65 Å². The highest BCUT2D eigenvalue weighted by molar-refractivity contribution is 6.30. The van der Waals surface area contributed by atoms with Crippen LogP contribution in [0.5, 0.6) is 0 Å². The molecule has 2 aliphatic rings. The van der Waals surface area contributed by atoms with Crippen LogP contribution in [0.15, 0.2) is 52.2 Å². The molecule has 1 aliphatic carbocycles. The Morgan fingerprint density at radius 3 is 2.66 bits per heavy atom. The van der Waals surface area contributed by atoms with Gasteiger partial charge in [0.2, 0.25) is 0 Å². The van der Waals surface area contributed by atoms with E-state index in [-0.39, 0.29) is 28.2 Å². The van der Waals surface area contributed by atoms with Crippen molar-refractivity contribution in [3.8, 4) is 11.1 Å². The molecule has 4 aromatic rings. The largest absolute Gasteiger partial charge is 0.373 e. The van der Waals surface area contributed by atoms with Gasteiger partial charge in [-0.1, -0.05) is 11.6 Å². The van der Waals surface area contributed by atoms with Crippen LogP contribution in [-0.4, -0.2) is 25.8 Å². The van der Waals surface area contributed by atoms with E-state index in [0.29, 0.717) is 59.1 Å². The smallest absolute Gasteiger partial charge is 0.277 e. The van der Waals surface area contributed by atoms with Crippen LogP contribution in [0.3, 0.4) is 0 Å². The lowest BCUT2D eigenvalue weighted by Crippen LogP contribution is -2.26. The number of halogens is 2. The van der Waals surface area contributed by atoms with E-state index in [1.807, 2.05) is 18.3 Å². The number of aromatic nitrogens is 4. The predicted octanol–water partition coefficient (Wildman–Crippen LogP) is 5.37. The molecule has 2 unspecified atom stereocenters. The molecule has 1 saturated carbocycles. The molecule has 4 heterocycles. The first kappa shape index (κ1) is 24.9. The molecule has 2 fully saturated rings. The topological polar surface area (TPSA) is 78.5 Å². The van der Waals surface area contributed by atoms with Crippen LogP contribution in [0.1, 0.15) is 60.2 Å². The summed E-state index contributed by atoms with van der Waals surface area (Å²) in [6.07, 6.45) is 5.34. The van der Waals surface area contributed by atoms with E-state index in [0.717, 1.165) is 24.9 Å². The van der Waals surface area contributed by atoms with Crippen LogP contribution in [0.25, 0.3) is 16.8 Å². The van der Waals surface area contributed by atoms with E-state index < -0.39 is 5.82 Å². The highest BCUT2D eigenvalue weighted by Gasteiger charge is 2.29. The van der Waals surface area contributed by atoms with E-state index in [2.05, 4.69) is 4.98 Å². The zero-order valence-electron chi connectivity index (χ0n) is 21.3. The summed E-state index contributed by atoms with van der Waals surface area (Å²) in [5, 5.41) is 5.01. The van der Waals surface area contributed by atoms with E-state index in [4.69, 9.17) is 21.4 Å². The number of rotatable bonds is 5. The van der Waals surface area contributed by atoms with Gasteiger partial charge in [0.1, 0.15) is 5.82 Å². The Kier molecular flexibility index (Phi) is 6.40. The van der Waals surface area contributed by atoms with Gasteiger partial charge < -0.3 is 9.30 Å². The van der Waals surface area contributed by atoms with Crippen molar-refractivity contribution in [2.75, 3.05) is 6.61 Å². The molecule has 3 aromatic heterocycles. The maximum atomic E-state index is 15.1. The lowest BCUT2D eigenvalue weighted by Gasteiger charge is -2.30. The summed E-state index contributed by atoms with van der Waals surface area (Å²) in [5.41, 5.74) is 3.52. The average Bonchev–Trinajstić information content (AvgIpc) is 3.73. The summed E-state index contributed by atoms with van der Waals surface area (Å²) in [6.45, 7) is 4.72. The standard InChI is InChI=1S/C29H28ClFN4O3/c1-16-17(2)32-28-23(22-7-6-21(30)12-24(22)31)13-25(33-35(28)29(16)37)19-9-10-38-26(11-19)20-5-8-27(36)34(15-20)14-18-3-4-18/h5-8,12-13,15,18-19,26H,3-4,9-11,14H2,1-2H3. The number of nitrogens with zero attached hydrogens (tertiary/aromatic N) is 4. The van der Waals surface area contributed by atoms with Crippen molar-refractivity contribution in [3.05, 3.63) is 96.7 Å². The monoisotopic (exact) mass is 534 g/mol. The number of hydrogen-bond acceptors (Lipinski definition) is 5. The number of fused-ring (bicyclic) bond motifs is 1. The van der Waals surface area contributed by atoms with Gasteiger partial charge in [-0.25, -0.2) is 9.37 Å². The van der Waals surface area contributed by atoms with Crippen LogP contribution >= 0.6 is 11.6 Å². The third-order valence-corrected chi connectivity index (χ3v) is 7.97. The Morgan fingerprint density at radius 2 is 1.89 bits per heavy atom. The Balaban J connectivity index is 1.42. The molecule has 0 spiro atoms. The van der Waals surface area contributed by atoms with Crippen LogP contribution in [0.2, 0.25) is 5.02 Å². The predicted molar refractivity (Wildman–Crippen MR) is 143 cm³/mol. The second-order valence-corrected chi connectivity index (χ2v) is 10.9. The fraction of sp³-hybridized carbons (Fsp3) is 0.379. The second kappa shape index (κ2) is 9.75. The quantitative estimate of drug-likeness (QED) is 0.344. The molecule has 0 amide bonds. The van der Waals surface area contributed by atoms with Crippen molar-refractivity contribution in [1.29, 1.82) is 0 Å². The summed E-state index contributed by atoms with van der Waals surface area (Å²) >= 11 is 6.01. The van der Waals surface area contributed by atoms with E-state index in [1.165, 1.54) is 10.6 Å². The number of aryl methyl sites for hydroxylation is 1. The van der Waals surface area contributed by atoms with E-state index in [9.17, 15) is 9.59 Å². The van der Waals surface area contributed by atoms with E-state index in [1.54, 1.807) is 36.6 Å². The van der Waals surface area contributed by atoms with Crippen LogP contribution < -0.4 is 11.1 Å². The molecule has 0 bridgehead atoms. The number of benzene rings is 1. The third kappa shape index (κ3) is 4.67. The molecule has 7 nitrogen and oxygen atoms in total. The molecule has 0 N–H and O–H groups in total. The van der Waals surface area contributed by atoms with Gasteiger partial charge >= 0.3 is 0 Å². The minimum absolute atomic E-state index is 0.00335. The van der Waals surface area contributed by atoms with Crippen molar-refractivity contribution in [3.63, 3.8) is 0 Å². The first-order valence-corrected chi connectivity index (χ1v) is 13.3. The normalized spacial score (nSPS) is 19.7. The molecule has 2 atom stereocenters. The summed E-state index contributed by atoms with van der Waals surface area (Å²) in [6, 6.07) is 9.76. The van der Waals surface area contributed by atoms with Gasteiger partial charge in [-0.3, -0.25) is 9.59 Å². The first-order chi connectivity index (χ1) is 18.3. The van der Waals surface area contributed by atoms with Gasteiger partial charge in [0, 0.05) is 58.7 Å². The van der Waals surface area contributed by atoms with Crippen molar-refractivity contribution in [2.45, 2.75) is 58.1 Å². The van der Waals surface area contributed by atoms with Crippen molar-refractivity contribution in [2.24, 2.45) is 5.92 Å².